The molecule has 3 aromatic carbocycles. The third kappa shape index (κ3) is 12.6. The lowest BCUT2D eigenvalue weighted by Gasteiger charge is -2.30. The van der Waals surface area contributed by atoms with Crippen LogP contribution in [-0.4, -0.2) is 73.1 Å². The van der Waals surface area contributed by atoms with E-state index in [-0.39, 0.29) is 39.8 Å². The number of nitrogens with one attached hydrogen (secondary N) is 3. The van der Waals surface area contributed by atoms with Gasteiger partial charge in [0, 0.05) is 18.3 Å². The number of aldehydes is 1. The van der Waals surface area contributed by atoms with E-state index in [0.717, 1.165) is 16.7 Å². The zero-order valence-electron chi connectivity index (χ0n) is 27.7. The molecule has 3 N–H and O–H groups in total. The molecule has 4 amide bonds. The Morgan fingerprint density at radius 1 is 0.840 bits per heavy atom. The molecule has 50 heavy (non-hydrogen) atoms. The SMILES string of the molecule is C.CN1C(=O)CNC(=O)COc2ccc(cc2)C[C@@H](C=O)NC(=O)[C@H](CCc2ccccc2)NC(=O)[C@H]1Cc1ccccc1.Cc1cccs1. The first-order valence-corrected chi connectivity index (χ1v) is 17.0. The van der Waals surface area contributed by atoms with Crippen LogP contribution < -0.4 is 20.7 Å². The molecule has 3 heterocycles. The summed E-state index contributed by atoms with van der Waals surface area (Å²) >= 11 is 1.78. The first-order chi connectivity index (χ1) is 23.7. The second-order valence-electron chi connectivity index (χ2n) is 11.7. The fourth-order valence-corrected chi connectivity index (χ4v) is 5.69. The Hall–Kier alpha value is -5.29. The number of carbonyl (C=O) groups excluding carboxylic acids is 5. The average molecular weight is 699 g/mol. The number of hydrogen-bond acceptors (Lipinski definition) is 7. The van der Waals surface area contributed by atoms with E-state index < -0.39 is 41.8 Å². The van der Waals surface area contributed by atoms with Gasteiger partial charge in [0.15, 0.2) is 6.61 Å². The standard InChI is InChI=1S/C33H36N4O6.C5H6S.CH4/c1-37-29(19-24-10-6-3-7-11-24)33(42)36-28(17-14-23-8-4-2-5-9-23)32(41)35-26(21-38)18-25-12-15-27(16-13-25)43-22-30(39)34-20-31(37)40;1-5-3-2-4-6-5;/h2-13,15-16,21,26,28-29H,14,17-20,22H2,1H3,(H,34,39)(H,35,41)(H,36,42);2-4H,1H3;1H4/t26-,28-,29+;;/m0../s1. The summed E-state index contributed by atoms with van der Waals surface area (Å²) in [5.41, 5.74) is 2.57. The number of ether oxygens (including phenoxy) is 1. The summed E-state index contributed by atoms with van der Waals surface area (Å²) in [6.45, 7) is 1.46. The van der Waals surface area contributed by atoms with E-state index in [4.69, 9.17) is 4.74 Å². The van der Waals surface area contributed by atoms with Gasteiger partial charge in [-0.25, -0.2) is 0 Å². The number of thiophene rings is 1. The van der Waals surface area contributed by atoms with Gasteiger partial charge in [0.1, 0.15) is 24.1 Å². The number of aryl methyl sites for hydroxylation is 2. The molecule has 0 saturated heterocycles. The van der Waals surface area contributed by atoms with E-state index >= 15 is 0 Å². The number of amides is 4. The van der Waals surface area contributed by atoms with Crippen LogP contribution in [0.5, 0.6) is 5.75 Å². The summed E-state index contributed by atoms with van der Waals surface area (Å²) in [5, 5.41) is 10.3. The average Bonchev–Trinajstić information content (AvgIpc) is 3.61. The van der Waals surface area contributed by atoms with Gasteiger partial charge in [0.2, 0.25) is 17.7 Å². The summed E-state index contributed by atoms with van der Waals surface area (Å²) < 4.78 is 5.52. The van der Waals surface area contributed by atoms with E-state index in [2.05, 4.69) is 40.4 Å². The van der Waals surface area contributed by atoms with Gasteiger partial charge in [-0.05, 0) is 66.5 Å². The molecular weight excluding hydrogens is 653 g/mol. The second kappa shape index (κ2) is 20.3. The van der Waals surface area contributed by atoms with Gasteiger partial charge in [-0.1, -0.05) is 86.3 Å². The molecule has 11 heteroatoms. The molecule has 2 aliphatic heterocycles. The minimum Gasteiger partial charge on any atom is -0.484 e. The Morgan fingerprint density at radius 3 is 2.08 bits per heavy atom. The summed E-state index contributed by atoms with van der Waals surface area (Å²) in [5.74, 6) is -1.58. The van der Waals surface area contributed by atoms with Crippen molar-refractivity contribution in [1.82, 2.24) is 20.9 Å². The number of likely N-dealkylation sites (N-methyl/N-ethyl adjacent to an activating group) is 1. The molecule has 10 nitrogen and oxygen atoms in total. The highest BCUT2D eigenvalue weighted by molar-refractivity contribution is 7.09. The first-order valence-electron chi connectivity index (χ1n) is 16.1. The molecule has 0 saturated carbocycles. The molecule has 264 valence electrons. The van der Waals surface area contributed by atoms with Crippen molar-refractivity contribution in [2.45, 2.75) is 58.2 Å². The van der Waals surface area contributed by atoms with Gasteiger partial charge in [-0.2, -0.15) is 0 Å². The molecule has 2 bridgehead atoms. The number of benzene rings is 3. The lowest BCUT2D eigenvalue weighted by Crippen LogP contribution is -2.57. The molecule has 0 radical (unpaired) electrons. The Labute approximate surface area is 298 Å². The zero-order chi connectivity index (χ0) is 35.0. The van der Waals surface area contributed by atoms with Crippen LogP contribution in [0.3, 0.4) is 0 Å². The smallest absolute Gasteiger partial charge is 0.258 e. The molecular formula is C39H46N4O6S. The van der Waals surface area contributed by atoms with E-state index in [1.807, 2.05) is 60.7 Å². The molecule has 2 aliphatic rings. The van der Waals surface area contributed by atoms with Gasteiger partial charge in [-0.15, -0.1) is 11.3 Å². The van der Waals surface area contributed by atoms with Gasteiger partial charge >= 0.3 is 0 Å². The van der Waals surface area contributed by atoms with Crippen LogP contribution >= 0.6 is 11.3 Å². The Bertz CT molecular complexity index is 1650. The fourth-order valence-electron chi connectivity index (χ4n) is 5.16. The van der Waals surface area contributed by atoms with Crippen molar-refractivity contribution in [2.24, 2.45) is 0 Å². The van der Waals surface area contributed by atoms with Crippen LogP contribution in [0, 0.1) is 6.92 Å². The second-order valence-corrected chi connectivity index (χ2v) is 12.8. The van der Waals surface area contributed by atoms with Crippen LogP contribution in [0.4, 0.5) is 0 Å². The molecule has 0 spiro atoms. The minimum absolute atomic E-state index is 0. The van der Waals surface area contributed by atoms with Crippen LogP contribution in [0.1, 0.15) is 35.4 Å². The van der Waals surface area contributed by atoms with Crippen molar-refractivity contribution < 1.29 is 28.7 Å². The highest BCUT2D eigenvalue weighted by Crippen LogP contribution is 2.15. The summed E-state index contributed by atoms with van der Waals surface area (Å²) in [6.07, 6.45) is 1.84. The Morgan fingerprint density at radius 2 is 1.50 bits per heavy atom. The van der Waals surface area contributed by atoms with Crippen molar-refractivity contribution in [3.63, 3.8) is 0 Å². The predicted octanol–water partition coefficient (Wildman–Crippen LogP) is 4.30. The molecule has 6 rings (SSSR count). The van der Waals surface area contributed by atoms with E-state index in [9.17, 15) is 24.0 Å². The maximum Gasteiger partial charge on any atom is 0.258 e. The number of carbonyl (C=O) groups is 5. The third-order valence-corrected chi connectivity index (χ3v) is 8.78. The molecule has 0 unspecified atom stereocenters. The molecule has 0 fully saturated rings. The monoisotopic (exact) mass is 698 g/mol. The molecule has 4 aromatic rings. The first kappa shape index (κ1) is 39.2. The van der Waals surface area contributed by atoms with Gasteiger partial charge in [-0.3, -0.25) is 19.2 Å². The number of hydrogen-bond donors (Lipinski definition) is 3. The Balaban J connectivity index is 0.000000872. The quantitative estimate of drug-likeness (QED) is 0.203. The van der Waals surface area contributed by atoms with Crippen LogP contribution in [-0.2, 0) is 43.2 Å². The van der Waals surface area contributed by atoms with Crippen molar-refractivity contribution in [2.75, 3.05) is 20.2 Å². The maximum atomic E-state index is 13.8. The van der Waals surface area contributed by atoms with Crippen LogP contribution in [0.25, 0.3) is 0 Å². The molecule has 1 aromatic heterocycles. The van der Waals surface area contributed by atoms with Crippen molar-refractivity contribution in [3.8, 4) is 5.75 Å². The number of rotatable bonds is 6. The van der Waals surface area contributed by atoms with E-state index in [1.165, 1.54) is 16.8 Å². The van der Waals surface area contributed by atoms with Crippen LogP contribution in [0.2, 0.25) is 0 Å². The molecule has 3 atom stereocenters. The van der Waals surface area contributed by atoms with E-state index in [0.29, 0.717) is 18.5 Å². The zero-order valence-corrected chi connectivity index (χ0v) is 28.5. The Kier molecular flexibility index (Phi) is 15.9. The lowest BCUT2D eigenvalue weighted by atomic mass is 10.0. The topological polar surface area (TPSA) is 134 Å². The van der Waals surface area contributed by atoms with Crippen molar-refractivity contribution in [3.05, 3.63) is 124 Å². The highest BCUT2D eigenvalue weighted by Gasteiger charge is 2.31. The lowest BCUT2D eigenvalue weighted by molar-refractivity contribution is -0.140. The van der Waals surface area contributed by atoms with Gasteiger partial charge < -0.3 is 30.4 Å². The molecule has 0 aliphatic carbocycles. The minimum atomic E-state index is -0.977. The largest absolute Gasteiger partial charge is 0.484 e. The van der Waals surface area contributed by atoms with Crippen molar-refractivity contribution in [1.29, 1.82) is 0 Å². The summed E-state index contributed by atoms with van der Waals surface area (Å²) in [6, 6.07) is 26.9. The van der Waals surface area contributed by atoms with Gasteiger partial charge in [0.25, 0.3) is 5.91 Å². The maximum absolute atomic E-state index is 13.8. The number of fused-ring (bicyclic) bond motifs is 16. The van der Waals surface area contributed by atoms with Gasteiger partial charge in [0.05, 0.1) is 12.6 Å². The normalized spacial score (nSPS) is 18.7. The third-order valence-electron chi connectivity index (χ3n) is 7.97. The van der Waals surface area contributed by atoms with Crippen LogP contribution in [0.15, 0.2) is 102 Å². The summed E-state index contributed by atoms with van der Waals surface area (Å²) in [4.78, 5) is 67.6. The highest BCUT2D eigenvalue weighted by atomic mass is 32.1. The number of nitrogens with zero attached hydrogens (tertiary/aromatic N) is 1. The fraction of sp³-hybridized carbons (Fsp3) is 0.308. The van der Waals surface area contributed by atoms with E-state index in [1.54, 1.807) is 35.6 Å². The van der Waals surface area contributed by atoms with Crippen molar-refractivity contribution >= 4 is 41.3 Å². The predicted molar refractivity (Wildman–Crippen MR) is 196 cm³/mol. The summed E-state index contributed by atoms with van der Waals surface area (Å²) in [7, 11) is 1.49.